The van der Waals surface area contributed by atoms with E-state index in [1.807, 2.05) is 43.3 Å². The predicted octanol–water partition coefficient (Wildman–Crippen LogP) is 5.39. The third-order valence-electron chi connectivity index (χ3n) is 4.11. The second-order valence-corrected chi connectivity index (χ2v) is 6.07. The zero-order valence-electron chi connectivity index (χ0n) is 14.8. The minimum Gasteiger partial charge on any atom is -0.494 e. The molecule has 3 aromatic rings. The summed E-state index contributed by atoms with van der Waals surface area (Å²) in [5, 5.41) is 2.44. The van der Waals surface area contributed by atoms with Gasteiger partial charge in [-0.1, -0.05) is 36.4 Å². The SMILES string of the molecule is COc1cc(C)ccc1OCCCCOc1ccc2ccccc2c1. The highest BCUT2D eigenvalue weighted by Gasteiger charge is 2.04. The molecule has 0 radical (unpaired) electrons. The summed E-state index contributed by atoms with van der Waals surface area (Å²) in [5.74, 6) is 2.50. The molecule has 3 rings (SSSR count). The fraction of sp³-hybridized carbons (Fsp3) is 0.273. The molecular formula is C22H24O3. The molecule has 130 valence electrons. The lowest BCUT2D eigenvalue weighted by Gasteiger charge is -2.11. The van der Waals surface area contributed by atoms with Crippen molar-refractivity contribution in [3.05, 3.63) is 66.2 Å². The van der Waals surface area contributed by atoms with Gasteiger partial charge in [0, 0.05) is 0 Å². The van der Waals surface area contributed by atoms with E-state index >= 15 is 0 Å². The van der Waals surface area contributed by atoms with Crippen molar-refractivity contribution in [3.8, 4) is 17.2 Å². The zero-order chi connectivity index (χ0) is 17.5. The van der Waals surface area contributed by atoms with Crippen molar-refractivity contribution in [1.82, 2.24) is 0 Å². The molecule has 0 spiro atoms. The van der Waals surface area contributed by atoms with Gasteiger partial charge in [0.1, 0.15) is 5.75 Å². The van der Waals surface area contributed by atoms with E-state index in [-0.39, 0.29) is 0 Å². The summed E-state index contributed by atoms with van der Waals surface area (Å²) in [6, 6.07) is 20.5. The summed E-state index contributed by atoms with van der Waals surface area (Å²) in [6.07, 6.45) is 1.88. The largest absolute Gasteiger partial charge is 0.494 e. The van der Waals surface area contributed by atoms with Gasteiger partial charge < -0.3 is 14.2 Å². The van der Waals surface area contributed by atoms with Crippen LogP contribution in [0.15, 0.2) is 60.7 Å². The van der Waals surface area contributed by atoms with Crippen LogP contribution in [0, 0.1) is 6.92 Å². The first-order valence-electron chi connectivity index (χ1n) is 8.65. The highest BCUT2D eigenvalue weighted by molar-refractivity contribution is 5.83. The van der Waals surface area contributed by atoms with Crippen LogP contribution in [0.4, 0.5) is 0 Å². The Morgan fingerprint density at radius 3 is 2.28 bits per heavy atom. The van der Waals surface area contributed by atoms with Crippen molar-refractivity contribution in [3.63, 3.8) is 0 Å². The van der Waals surface area contributed by atoms with Crippen LogP contribution >= 0.6 is 0 Å². The van der Waals surface area contributed by atoms with Gasteiger partial charge in [-0.25, -0.2) is 0 Å². The van der Waals surface area contributed by atoms with Gasteiger partial charge in [0.25, 0.3) is 0 Å². The molecule has 0 aliphatic rings. The molecule has 0 unspecified atom stereocenters. The number of unbranched alkanes of at least 4 members (excludes halogenated alkanes) is 1. The predicted molar refractivity (Wildman–Crippen MR) is 102 cm³/mol. The molecule has 0 saturated carbocycles. The second-order valence-electron chi connectivity index (χ2n) is 6.07. The van der Waals surface area contributed by atoms with E-state index in [1.165, 1.54) is 10.8 Å². The van der Waals surface area contributed by atoms with Crippen LogP contribution in [0.3, 0.4) is 0 Å². The highest BCUT2D eigenvalue weighted by Crippen LogP contribution is 2.28. The molecule has 0 aliphatic heterocycles. The standard InChI is InChI=1S/C22H24O3/c1-17-9-12-21(22(15-17)23-2)25-14-6-5-13-24-20-11-10-18-7-3-4-8-19(18)16-20/h3-4,7-12,15-16H,5-6,13-14H2,1-2H3. The first-order chi connectivity index (χ1) is 12.3. The Kier molecular flexibility index (Phi) is 5.78. The summed E-state index contributed by atoms with van der Waals surface area (Å²) in [6.45, 7) is 3.38. The van der Waals surface area contributed by atoms with Crippen LogP contribution in [-0.2, 0) is 0 Å². The molecular weight excluding hydrogens is 312 g/mol. The molecule has 0 heterocycles. The molecule has 0 atom stereocenters. The number of aryl methyl sites for hydroxylation is 1. The van der Waals surface area contributed by atoms with Crippen LogP contribution in [-0.4, -0.2) is 20.3 Å². The minimum atomic E-state index is 0.653. The van der Waals surface area contributed by atoms with Crippen LogP contribution < -0.4 is 14.2 Å². The molecule has 3 aromatic carbocycles. The normalized spacial score (nSPS) is 10.6. The number of hydrogen-bond acceptors (Lipinski definition) is 3. The maximum Gasteiger partial charge on any atom is 0.161 e. The smallest absolute Gasteiger partial charge is 0.161 e. The number of hydrogen-bond donors (Lipinski definition) is 0. The fourth-order valence-electron chi connectivity index (χ4n) is 2.73. The van der Waals surface area contributed by atoms with Gasteiger partial charge in [-0.15, -0.1) is 0 Å². The van der Waals surface area contributed by atoms with E-state index in [2.05, 4.69) is 24.3 Å². The summed E-state index contributed by atoms with van der Waals surface area (Å²) in [4.78, 5) is 0. The van der Waals surface area contributed by atoms with Gasteiger partial charge in [0.05, 0.1) is 20.3 Å². The lowest BCUT2D eigenvalue weighted by atomic mass is 10.1. The van der Waals surface area contributed by atoms with E-state index in [1.54, 1.807) is 7.11 Å². The molecule has 0 amide bonds. The van der Waals surface area contributed by atoms with E-state index in [0.717, 1.165) is 35.7 Å². The Morgan fingerprint density at radius 2 is 1.48 bits per heavy atom. The van der Waals surface area contributed by atoms with Gasteiger partial charge in [-0.3, -0.25) is 0 Å². The van der Waals surface area contributed by atoms with Gasteiger partial charge >= 0.3 is 0 Å². The van der Waals surface area contributed by atoms with Crippen molar-refractivity contribution in [2.75, 3.05) is 20.3 Å². The number of ether oxygens (including phenoxy) is 3. The van der Waals surface area contributed by atoms with Crippen molar-refractivity contribution >= 4 is 10.8 Å². The quantitative estimate of drug-likeness (QED) is 0.516. The number of benzene rings is 3. The molecule has 25 heavy (non-hydrogen) atoms. The topological polar surface area (TPSA) is 27.7 Å². The average molecular weight is 336 g/mol. The Balaban J connectivity index is 1.41. The molecule has 0 aliphatic carbocycles. The molecule has 0 saturated heterocycles. The molecule has 0 N–H and O–H groups in total. The third-order valence-corrected chi connectivity index (χ3v) is 4.11. The summed E-state index contributed by atoms with van der Waals surface area (Å²) >= 11 is 0. The number of methoxy groups -OCH3 is 1. The Labute approximate surface area is 149 Å². The van der Waals surface area contributed by atoms with E-state index in [9.17, 15) is 0 Å². The van der Waals surface area contributed by atoms with Crippen molar-refractivity contribution in [1.29, 1.82) is 0 Å². The van der Waals surface area contributed by atoms with Crippen LogP contribution in [0.25, 0.3) is 10.8 Å². The Hall–Kier alpha value is -2.68. The lowest BCUT2D eigenvalue weighted by molar-refractivity contribution is 0.258. The maximum atomic E-state index is 5.85. The summed E-state index contributed by atoms with van der Waals surface area (Å²) < 4.78 is 17.0. The van der Waals surface area contributed by atoms with Crippen molar-refractivity contribution < 1.29 is 14.2 Å². The van der Waals surface area contributed by atoms with Crippen molar-refractivity contribution in [2.24, 2.45) is 0 Å². The molecule has 3 nitrogen and oxygen atoms in total. The van der Waals surface area contributed by atoms with Gasteiger partial charge in [0.2, 0.25) is 0 Å². The lowest BCUT2D eigenvalue weighted by Crippen LogP contribution is -2.03. The molecule has 0 bridgehead atoms. The van der Waals surface area contributed by atoms with Crippen LogP contribution in [0.2, 0.25) is 0 Å². The van der Waals surface area contributed by atoms with E-state index in [4.69, 9.17) is 14.2 Å². The summed E-state index contributed by atoms with van der Waals surface area (Å²) in [7, 11) is 1.67. The number of fused-ring (bicyclic) bond motifs is 1. The van der Waals surface area contributed by atoms with Crippen molar-refractivity contribution in [2.45, 2.75) is 19.8 Å². The first kappa shape index (κ1) is 17.2. The zero-order valence-corrected chi connectivity index (χ0v) is 14.8. The van der Waals surface area contributed by atoms with E-state index < -0.39 is 0 Å². The van der Waals surface area contributed by atoms with E-state index in [0.29, 0.717) is 13.2 Å². The Morgan fingerprint density at radius 1 is 0.720 bits per heavy atom. The fourth-order valence-corrected chi connectivity index (χ4v) is 2.73. The van der Waals surface area contributed by atoms with Gasteiger partial charge in [0.15, 0.2) is 11.5 Å². The molecule has 0 aromatic heterocycles. The average Bonchev–Trinajstić information content (AvgIpc) is 2.65. The monoisotopic (exact) mass is 336 g/mol. The van der Waals surface area contributed by atoms with Crippen LogP contribution in [0.5, 0.6) is 17.2 Å². The molecule has 3 heteroatoms. The summed E-state index contributed by atoms with van der Waals surface area (Å²) in [5.41, 5.74) is 1.16. The second kappa shape index (κ2) is 8.43. The highest BCUT2D eigenvalue weighted by atomic mass is 16.5. The third kappa shape index (κ3) is 4.66. The Bertz CT molecular complexity index is 826. The minimum absolute atomic E-state index is 0.653. The number of rotatable bonds is 8. The maximum absolute atomic E-state index is 5.85. The van der Waals surface area contributed by atoms with Crippen LogP contribution in [0.1, 0.15) is 18.4 Å². The molecule has 0 fully saturated rings. The van der Waals surface area contributed by atoms with Gasteiger partial charge in [-0.2, -0.15) is 0 Å². The van der Waals surface area contributed by atoms with Gasteiger partial charge in [-0.05, 0) is 60.4 Å². The first-order valence-corrected chi connectivity index (χ1v) is 8.65.